The van der Waals surface area contributed by atoms with Crippen molar-refractivity contribution in [2.24, 2.45) is 0 Å². The molecular formula is C64H119O11P. The predicted octanol–water partition coefficient (Wildman–Crippen LogP) is 19.2. The van der Waals surface area contributed by atoms with Gasteiger partial charge in [-0.2, -0.15) is 0 Å². The Balaban J connectivity index is 4.68. The summed E-state index contributed by atoms with van der Waals surface area (Å²) in [4.78, 5) is 48.7. The minimum atomic E-state index is -4.75. The summed E-state index contributed by atoms with van der Waals surface area (Å²) in [5, 5.41) is 9.83. The van der Waals surface area contributed by atoms with E-state index in [1.165, 1.54) is 180 Å². The maximum atomic E-state index is 12.9. The van der Waals surface area contributed by atoms with E-state index in [1.54, 1.807) is 0 Å². The summed E-state index contributed by atoms with van der Waals surface area (Å²) < 4.78 is 39.7. The van der Waals surface area contributed by atoms with Crippen molar-refractivity contribution in [2.75, 3.05) is 26.4 Å². The molecule has 12 heteroatoms. The van der Waals surface area contributed by atoms with Gasteiger partial charge in [0.25, 0.3) is 0 Å². The quantitative estimate of drug-likeness (QED) is 0.0197. The van der Waals surface area contributed by atoms with Crippen molar-refractivity contribution in [1.82, 2.24) is 0 Å². The lowest BCUT2D eigenvalue weighted by molar-refractivity contribution is -0.161. The van der Waals surface area contributed by atoms with Crippen LogP contribution in [0.15, 0.2) is 36.5 Å². The van der Waals surface area contributed by atoms with Gasteiger partial charge in [-0.25, -0.2) is 4.57 Å². The van der Waals surface area contributed by atoms with Crippen LogP contribution in [0.2, 0.25) is 0 Å². The average molecular weight is 1100 g/mol. The number of aliphatic hydroxyl groups excluding tert-OH is 1. The fourth-order valence-corrected chi connectivity index (χ4v) is 9.93. The summed E-state index contributed by atoms with van der Waals surface area (Å²) in [6.07, 6.45) is 62.3. The summed E-state index contributed by atoms with van der Waals surface area (Å²) in [5.41, 5.74) is 0. The van der Waals surface area contributed by atoms with Gasteiger partial charge in [0.2, 0.25) is 0 Å². The van der Waals surface area contributed by atoms with E-state index in [2.05, 4.69) is 57.2 Å². The van der Waals surface area contributed by atoms with Crippen LogP contribution >= 0.6 is 7.82 Å². The summed E-state index contributed by atoms with van der Waals surface area (Å²) in [7, 11) is -4.75. The van der Waals surface area contributed by atoms with Gasteiger partial charge in [0.05, 0.1) is 19.8 Å². The lowest BCUT2D eigenvalue weighted by Crippen LogP contribution is -2.30. The zero-order chi connectivity index (χ0) is 55.5. The maximum Gasteiger partial charge on any atom is 0.472 e. The number of carbonyl (C=O) groups is 3. The predicted molar refractivity (Wildman–Crippen MR) is 316 cm³/mol. The maximum absolute atomic E-state index is 12.9. The van der Waals surface area contributed by atoms with Crippen molar-refractivity contribution >= 4 is 25.7 Å². The van der Waals surface area contributed by atoms with Crippen LogP contribution < -0.4 is 0 Å². The average Bonchev–Trinajstić information content (AvgIpc) is 3.41. The number of ether oxygens (including phenoxy) is 3. The number of esters is 3. The number of rotatable bonds is 60. The Kier molecular flexibility index (Phi) is 57.1. The summed E-state index contributed by atoms with van der Waals surface area (Å²) in [6, 6.07) is 0. The van der Waals surface area contributed by atoms with Crippen LogP contribution in [-0.4, -0.2) is 66.5 Å². The molecule has 0 saturated carbocycles. The molecule has 0 heterocycles. The van der Waals surface area contributed by atoms with Gasteiger partial charge in [-0.3, -0.25) is 23.4 Å². The fraction of sp³-hybridized carbons (Fsp3) is 0.859. The van der Waals surface area contributed by atoms with E-state index in [4.69, 9.17) is 23.3 Å². The van der Waals surface area contributed by atoms with Crippen LogP contribution in [-0.2, 0) is 42.2 Å². The van der Waals surface area contributed by atoms with Gasteiger partial charge in [0.1, 0.15) is 12.7 Å². The largest absolute Gasteiger partial charge is 0.472 e. The SMILES string of the molecule is CCCCC/C=C\C/C=C\CCCCCCCCCCCC(=O)OCC(COP(=O)(O)OCC(CO)OC(=O)CCCCCCCCCCCCCCC)OC(=O)CCCCCCCCC/C=C\CCCCCCCC. The van der Waals surface area contributed by atoms with Gasteiger partial charge in [-0.15, -0.1) is 0 Å². The summed E-state index contributed by atoms with van der Waals surface area (Å²) >= 11 is 0. The van der Waals surface area contributed by atoms with Crippen LogP contribution in [0.25, 0.3) is 0 Å². The second kappa shape index (κ2) is 58.8. The molecule has 0 aliphatic rings. The standard InChI is InChI=1S/C64H119O11P/c1-4-7-10-13-16-19-22-25-27-29-30-32-33-36-38-41-44-47-50-53-62(66)71-57-61(75-64(68)55-52-49-46-43-40-37-34-31-28-26-23-20-17-14-11-8-5-2)59-73-76(69,70)72-58-60(56-65)74-63(67)54-51-48-45-42-39-35-24-21-18-15-12-9-6-3/h16,19,25-28,60-61,65H,4-15,17-18,20-24,29-59H2,1-3H3,(H,69,70)/b19-16-,27-25-,28-26-. The zero-order valence-electron chi connectivity index (χ0n) is 49.5. The van der Waals surface area contributed by atoms with Crippen LogP contribution in [0.1, 0.15) is 316 Å². The number of phosphoric ester groups is 1. The van der Waals surface area contributed by atoms with Crippen molar-refractivity contribution < 1.29 is 52.2 Å². The zero-order valence-corrected chi connectivity index (χ0v) is 50.4. The molecule has 0 fully saturated rings. The number of hydrogen-bond donors (Lipinski definition) is 2. The lowest BCUT2D eigenvalue weighted by Gasteiger charge is -2.21. The Morgan fingerprint density at radius 1 is 0.368 bits per heavy atom. The van der Waals surface area contributed by atoms with E-state index < -0.39 is 57.8 Å². The molecule has 0 aliphatic heterocycles. The third kappa shape index (κ3) is 56.4. The first kappa shape index (κ1) is 73.7. The molecule has 0 saturated heterocycles. The number of hydrogen-bond acceptors (Lipinski definition) is 10. The fourth-order valence-electron chi connectivity index (χ4n) is 9.15. The number of unbranched alkanes of at least 4 members (excludes halogenated alkanes) is 37. The minimum Gasteiger partial charge on any atom is -0.462 e. The molecule has 0 aromatic rings. The van der Waals surface area contributed by atoms with E-state index in [9.17, 15) is 28.9 Å². The Bertz CT molecular complexity index is 1420. The third-order valence-corrected chi connectivity index (χ3v) is 15.0. The number of aliphatic hydroxyl groups is 1. The van der Waals surface area contributed by atoms with Gasteiger partial charge < -0.3 is 24.2 Å². The molecule has 0 aliphatic carbocycles. The molecule has 3 atom stereocenters. The number of allylic oxidation sites excluding steroid dienone is 6. The molecule has 0 spiro atoms. The summed E-state index contributed by atoms with van der Waals surface area (Å²) in [5.74, 6) is -1.45. The van der Waals surface area contributed by atoms with E-state index in [1.807, 2.05) is 0 Å². The molecule has 3 unspecified atom stereocenters. The van der Waals surface area contributed by atoms with Crippen LogP contribution in [0.3, 0.4) is 0 Å². The van der Waals surface area contributed by atoms with Crippen LogP contribution in [0.4, 0.5) is 0 Å². The Hall–Kier alpha value is -2.30. The molecular weight excluding hydrogens is 976 g/mol. The number of carbonyl (C=O) groups excluding carboxylic acids is 3. The smallest absolute Gasteiger partial charge is 0.462 e. The van der Waals surface area contributed by atoms with E-state index in [0.29, 0.717) is 19.3 Å². The van der Waals surface area contributed by atoms with E-state index in [0.717, 1.165) is 77.0 Å². The molecule has 76 heavy (non-hydrogen) atoms. The molecule has 0 aromatic heterocycles. The van der Waals surface area contributed by atoms with Crippen molar-refractivity contribution in [3.8, 4) is 0 Å². The first-order valence-electron chi connectivity index (χ1n) is 31.9. The molecule has 11 nitrogen and oxygen atoms in total. The molecule has 2 N–H and O–H groups in total. The highest BCUT2D eigenvalue weighted by Crippen LogP contribution is 2.43. The first-order valence-corrected chi connectivity index (χ1v) is 33.4. The van der Waals surface area contributed by atoms with Crippen LogP contribution in [0, 0.1) is 0 Å². The van der Waals surface area contributed by atoms with Crippen LogP contribution in [0.5, 0.6) is 0 Å². The second-order valence-electron chi connectivity index (χ2n) is 21.6. The highest BCUT2D eigenvalue weighted by atomic mass is 31.2. The molecule has 0 aromatic carbocycles. The van der Waals surface area contributed by atoms with Gasteiger partial charge in [0.15, 0.2) is 6.10 Å². The van der Waals surface area contributed by atoms with Gasteiger partial charge >= 0.3 is 25.7 Å². The van der Waals surface area contributed by atoms with E-state index in [-0.39, 0.29) is 25.9 Å². The molecule has 0 bridgehead atoms. The van der Waals surface area contributed by atoms with Crippen molar-refractivity contribution in [3.05, 3.63) is 36.5 Å². The third-order valence-electron chi connectivity index (χ3n) is 14.0. The van der Waals surface area contributed by atoms with Crippen molar-refractivity contribution in [3.63, 3.8) is 0 Å². The Labute approximate surface area is 467 Å². The molecule has 0 radical (unpaired) electrons. The Morgan fingerprint density at radius 3 is 1.01 bits per heavy atom. The van der Waals surface area contributed by atoms with E-state index >= 15 is 0 Å². The first-order chi connectivity index (χ1) is 37.2. The van der Waals surface area contributed by atoms with Crippen molar-refractivity contribution in [2.45, 2.75) is 328 Å². The highest BCUT2D eigenvalue weighted by Gasteiger charge is 2.28. The second-order valence-corrected chi connectivity index (χ2v) is 23.0. The Morgan fingerprint density at radius 2 is 0.645 bits per heavy atom. The van der Waals surface area contributed by atoms with Gasteiger partial charge in [-0.1, -0.05) is 256 Å². The molecule has 0 rings (SSSR count). The van der Waals surface area contributed by atoms with Gasteiger partial charge in [-0.05, 0) is 77.0 Å². The highest BCUT2D eigenvalue weighted by molar-refractivity contribution is 7.47. The lowest BCUT2D eigenvalue weighted by atomic mass is 10.0. The molecule has 446 valence electrons. The normalized spacial score (nSPS) is 13.5. The minimum absolute atomic E-state index is 0.165. The summed E-state index contributed by atoms with van der Waals surface area (Å²) in [6.45, 7) is 4.67. The topological polar surface area (TPSA) is 155 Å². The van der Waals surface area contributed by atoms with Gasteiger partial charge in [0, 0.05) is 19.3 Å². The molecule has 0 amide bonds. The number of phosphoric acid groups is 1. The van der Waals surface area contributed by atoms with Crippen molar-refractivity contribution in [1.29, 1.82) is 0 Å². The monoisotopic (exact) mass is 1090 g/mol.